The van der Waals surface area contributed by atoms with E-state index in [1.807, 2.05) is 37.3 Å². The van der Waals surface area contributed by atoms with Crippen molar-refractivity contribution in [2.45, 2.75) is 13.0 Å². The lowest BCUT2D eigenvalue weighted by Gasteiger charge is -2.37. The van der Waals surface area contributed by atoms with Crippen LogP contribution in [0.15, 0.2) is 60.7 Å². The van der Waals surface area contributed by atoms with Crippen molar-refractivity contribution in [2.75, 3.05) is 32.9 Å². The first-order valence-electron chi connectivity index (χ1n) is 11.9. The molecule has 0 bridgehead atoms. The van der Waals surface area contributed by atoms with E-state index < -0.39 is 6.10 Å². The number of halogens is 2. The number of likely N-dealkylation sites (tertiary alicyclic amines) is 1. The Hall–Kier alpha value is -3.53. The Labute approximate surface area is 215 Å². The first-order valence-corrected chi connectivity index (χ1v) is 12.3. The van der Waals surface area contributed by atoms with E-state index in [1.165, 1.54) is 0 Å². The molecule has 1 fully saturated rings. The van der Waals surface area contributed by atoms with Gasteiger partial charge in [0.15, 0.2) is 0 Å². The average Bonchev–Trinajstić information content (AvgIpc) is 2.86. The van der Waals surface area contributed by atoms with Crippen LogP contribution in [0.1, 0.15) is 35.3 Å². The van der Waals surface area contributed by atoms with E-state index in [4.69, 9.17) is 21.1 Å². The molecule has 1 atom stereocenters. The molecular weight excluding hydrogens is 479 g/mol. The van der Waals surface area contributed by atoms with Crippen molar-refractivity contribution >= 4 is 22.7 Å². The van der Waals surface area contributed by atoms with Gasteiger partial charge in [0.25, 0.3) is 0 Å². The Morgan fingerprint density at radius 3 is 2.61 bits per heavy atom. The van der Waals surface area contributed by atoms with Gasteiger partial charge in [0.2, 0.25) is 0 Å². The topological polar surface area (TPSA) is 65.7 Å². The molecule has 3 aromatic carbocycles. The third-order valence-corrected chi connectivity index (χ3v) is 7.10. The molecule has 1 unspecified atom stereocenters. The Kier molecular flexibility index (Phi) is 6.86. The first-order chi connectivity index (χ1) is 17.5. The second-order valence-corrected chi connectivity index (χ2v) is 9.63. The molecular formula is C29H26ClFN2O3. The summed E-state index contributed by atoms with van der Waals surface area (Å²) in [6.07, 6.45) is -0.418. The molecule has 3 aromatic rings. The van der Waals surface area contributed by atoms with Gasteiger partial charge in [0.05, 0.1) is 17.3 Å². The van der Waals surface area contributed by atoms with Crippen LogP contribution >= 0.6 is 11.6 Å². The lowest BCUT2D eigenvalue weighted by molar-refractivity contribution is 0.0668. The van der Waals surface area contributed by atoms with E-state index in [-0.39, 0.29) is 18.3 Å². The van der Waals surface area contributed by atoms with Crippen LogP contribution in [0.3, 0.4) is 0 Å². The highest BCUT2D eigenvalue weighted by molar-refractivity contribution is 6.32. The Morgan fingerprint density at radius 1 is 1.14 bits per heavy atom. The molecule has 0 aliphatic carbocycles. The summed E-state index contributed by atoms with van der Waals surface area (Å²) in [4.78, 5) is 2.19. The second kappa shape index (κ2) is 10.2. The second-order valence-electron chi connectivity index (χ2n) is 9.22. The summed E-state index contributed by atoms with van der Waals surface area (Å²) in [7, 11) is 0. The van der Waals surface area contributed by atoms with Gasteiger partial charge in [0.1, 0.15) is 36.0 Å². The predicted molar refractivity (Wildman–Crippen MR) is 138 cm³/mol. The largest absolute Gasteiger partial charge is 0.508 e. The molecule has 0 radical (unpaired) electrons. The molecule has 0 saturated carbocycles. The normalized spacial score (nSPS) is 17.7. The fourth-order valence-electron chi connectivity index (χ4n) is 4.81. The summed E-state index contributed by atoms with van der Waals surface area (Å²) in [5.74, 6) is 1.77. The van der Waals surface area contributed by atoms with Crippen molar-refractivity contribution in [2.24, 2.45) is 5.92 Å². The molecule has 0 amide bonds. The number of phenols is 1. The molecule has 5 nitrogen and oxygen atoms in total. The van der Waals surface area contributed by atoms with Crippen LogP contribution in [-0.4, -0.2) is 42.9 Å². The summed E-state index contributed by atoms with van der Waals surface area (Å²) in [6.45, 7) is 4.66. The highest BCUT2D eigenvalue weighted by atomic mass is 35.5. The van der Waals surface area contributed by atoms with Gasteiger partial charge < -0.3 is 14.6 Å². The monoisotopic (exact) mass is 504 g/mol. The van der Waals surface area contributed by atoms with Crippen LogP contribution in [0, 0.1) is 17.2 Å². The zero-order valence-electron chi connectivity index (χ0n) is 19.9. The van der Waals surface area contributed by atoms with Crippen LogP contribution in [0.2, 0.25) is 5.02 Å². The molecule has 1 saturated heterocycles. The van der Waals surface area contributed by atoms with E-state index in [9.17, 15) is 14.8 Å². The van der Waals surface area contributed by atoms with E-state index in [0.717, 1.165) is 53.2 Å². The fourth-order valence-corrected chi connectivity index (χ4v) is 5.03. The number of alkyl halides is 1. The summed E-state index contributed by atoms with van der Waals surface area (Å²) >= 11 is 6.37. The molecule has 184 valence electrons. The highest BCUT2D eigenvalue weighted by Gasteiger charge is 2.30. The number of allylic oxidation sites excluding steroid dienone is 1. The lowest BCUT2D eigenvalue weighted by atomic mass is 9.86. The van der Waals surface area contributed by atoms with Crippen molar-refractivity contribution < 1.29 is 19.0 Å². The van der Waals surface area contributed by atoms with E-state index in [1.54, 1.807) is 30.3 Å². The molecule has 5 rings (SSSR count). The zero-order valence-corrected chi connectivity index (χ0v) is 20.6. The van der Waals surface area contributed by atoms with Crippen LogP contribution < -0.4 is 9.47 Å². The minimum atomic E-state index is -0.418. The highest BCUT2D eigenvalue weighted by Crippen LogP contribution is 2.47. The van der Waals surface area contributed by atoms with Crippen molar-refractivity contribution in [3.05, 3.63) is 87.9 Å². The molecule has 0 aromatic heterocycles. The van der Waals surface area contributed by atoms with Gasteiger partial charge >= 0.3 is 0 Å². The molecule has 2 aliphatic heterocycles. The number of ether oxygens (including phenoxy) is 2. The van der Waals surface area contributed by atoms with Crippen molar-refractivity contribution in [3.8, 4) is 23.3 Å². The molecule has 2 aliphatic rings. The predicted octanol–water partition coefficient (Wildman–Crippen LogP) is 6.26. The number of benzene rings is 3. The van der Waals surface area contributed by atoms with E-state index in [0.29, 0.717) is 22.9 Å². The number of nitrogens with zero attached hydrogens (tertiary/aromatic N) is 2. The fraction of sp³-hybridized carbons (Fsp3) is 0.276. The number of nitriles is 1. The number of rotatable bonds is 7. The molecule has 1 N–H and O–H groups in total. The van der Waals surface area contributed by atoms with Crippen LogP contribution in [0.4, 0.5) is 4.39 Å². The van der Waals surface area contributed by atoms with Gasteiger partial charge in [-0.15, -0.1) is 0 Å². The maximum Gasteiger partial charge on any atom is 0.150 e. The maximum absolute atomic E-state index is 12.6. The molecule has 2 heterocycles. The number of aromatic hydroxyl groups is 1. The molecule has 36 heavy (non-hydrogen) atoms. The number of hydrogen-bond donors (Lipinski definition) is 1. The van der Waals surface area contributed by atoms with E-state index in [2.05, 4.69) is 11.0 Å². The third-order valence-electron chi connectivity index (χ3n) is 6.79. The van der Waals surface area contributed by atoms with Crippen LogP contribution in [-0.2, 0) is 0 Å². The Morgan fingerprint density at radius 2 is 1.92 bits per heavy atom. The first kappa shape index (κ1) is 24.2. The summed E-state index contributed by atoms with van der Waals surface area (Å²) < 4.78 is 25.0. The Balaban J connectivity index is 1.41. The summed E-state index contributed by atoms with van der Waals surface area (Å²) in [5, 5.41) is 19.7. The lowest BCUT2D eigenvalue weighted by Crippen LogP contribution is -2.49. The smallest absolute Gasteiger partial charge is 0.150 e. The number of phenolic OH excluding ortho intramolecular Hbond substituents is 1. The summed E-state index contributed by atoms with van der Waals surface area (Å²) in [6, 6.07) is 20.3. The minimum absolute atomic E-state index is 0.160. The van der Waals surface area contributed by atoms with Crippen LogP contribution in [0.25, 0.3) is 11.1 Å². The molecule has 7 heteroatoms. The quantitative estimate of drug-likeness (QED) is 0.411. The number of fused-ring (bicyclic) bond motifs is 1. The average molecular weight is 505 g/mol. The van der Waals surface area contributed by atoms with Crippen molar-refractivity contribution in [1.29, 1.82) is 5.26 Å². The third kappa shape index (κ3) is 4.77. The zero-order chi connectivity index (χ0) is 25.2. The van der Waals surface area contributed by atoms with Crippen molar-refractivity contribution in [1.82, 2.24) is 4.90 Å². The van der Waals surface area contributed by atoms with Gasteiger partial charge in [-0.1, -0.05) is 29.8 Å². The molecule has 0 spiro atoms. The SMILES string of the molecule is CC1=C(c2ccc(C#N)c(Cl)c2)C(c2ccc(OCCN3CC(CF)C3)cc2)Oc2ccc(O)cc21. The minimum Gasteiger partial charge on any atom is -0.508 e. The maximum atomic E-state index is 12.6. The van der Waals surface area contributed by atoms with Gasteiger partial charge in [-0.25, -0.2) is 0 Å². The standard InChI is InChI=1S/C29H26ClFN2O3/c1-18-25-13-23(34)6-9-27(25)36-29(28(18)21-2-3-22(15-32)26(30)12-21)20-4-7-24(8-5-20)35-11-10-33-16-19(14-31)17-33/h2-9,12-13,19,29,34H,10-11,14,16-17H2,1H3. The summed E-state index contributed by atoms with van der Waals surface area (Å²) in [5.41, 5.74) is 4.86. The van der Waals surface area contributed by atoms with Gasteiger partial charge in [0, 0.05) is 36.7 Å². The van der Waals surface area contributed by atoms with Gasteiger partial charge in [-0.3, -0.25) is 9.29 Å². The van der Waals surface area contributed by atoms with Crippen LogP contribution in [0.5, 0.6) is 17.2 Å². The van der Waals surface area contributed by atoms with E-state index >= 15 is 0 Å². The number of hydrogen-bond acceptors (Lipinski definition) is 5. The van der Waals surface area contributed by atoms with Crippen molar-refractivity contribution in [3.63, 3.8) is 0 Å². The van der Waals surface area contributed by atoms with Gasteiger partial charge in [-0.2, -0.15) is 5.26 Å². The Bertz CT molecular complexity index is 1340. The van der Waals surface area contributed by atoms with Gasteiger partial charge in [-0.05, 0) is 66.1 Å².